The van der Waals surface area contributed by atoms with Crippen molar-refractivity contribution in [3.63, 3.8) is 0 Å². The first-order valence-corrected chi connectivity index (χ1v) is 9.41. The number of benzene rings is 3. The van der Waals surface area contributed by atoms with Gasteiger partial charge in [0.15, 0.2) is 0 Å². The lowest BCUT2D eigenvalue weighted by atomic mass is 10.1. The molecule has 152 valence electrons. The maximum Gasteiger partial charge on any atom is 0.266 e. The number of rotatable bonds is 7. The summed E-state index contributed by atoms with van der Waals surface area (Å²) in [5.74, 6) is 0.550. The van der Waals surface area contributed by atoms with Crippen LogP contribution in [0.5, 0.6) is 11.5 Å². The zero-order valence-corrected chi connectivity index (χ0v) is 16.8. The number of nitrogens with zero attached hydrogens (tertiary/aromatic N) is 2. The predicted molar refractivity (Wildman–Crippen MR) is 117 cm³/mol. The van der Waals surface area contributed by atoms with Crippen LogP contribution in [0.15, 0.2) is 78.4 Å². The lowest BCUT2D eigenvalue weighted by Crippen LogP contribution is -2.14. The van der Waals surface area contributed by atoms with Crippen LogP contribution in [-0.4, -0.2) is 13.0 Å². The molecule has 3 rings (SSSR count). The van der Waals surface area contributed by atoms with Crippen LogP contribution in [0.3, 0.4) is 0 Å². The maximum atomic E-state index is 12.6. The zero-order chi connectivity index (χ0) is 22.1. The molecule has 0 aromatic heterocycles. The van der Waals surface area contributed by atoms with E-state index in [0.717, 1.165) is 5.56 Å². The maximum absolute atomic E-state index is 12.6. The second-order valence-electron chi connectivity index (χ2n) is 6.50. The summed E-state index contributed by atoms with van der Waals surface area (Å²) in [4.78, 5) is 12.6. The van der Waals surface area contributed by atoms with Crippen LogP contribution in [-0.2, 0) is 11.4 Å². The molecule has 1 amide bonds. The molecule has 0 radical (unpaired) electrons. The third-order valence-corrected chi connectivity index (χ3v) is 4.35. The van der Waals surface area contributed by atoms with Crippen molar-refractivity contribution in [2.75, 3.05) is 12.4 Å². The van der Waals surface area contributed by atoms with Gasteiger partial charge in [-0.25, -0.2) is 0 Å². The Morgan fingerprint density at radius 1 is 1.03 bits per heavy atom. The van der Waals surface area contributed by atoms with Gasteiger partial charge in [0.1, 0.15) is 29.7 Å². The molecule has 0 spiro atoms. The number of methoxy groups -OCH3 is 1. The van der Waals surface area contributed by atoms with E-state index in [1.54, 1.807) is 66.7 Å². The molecule has 0 fully saturated rings. The third kappa shape index (κ3) is 5.72. The Hall–Kier alpha value is -4.55. The van der Waals surface area contributed by atoms with Gasteiger partial charge < -0.3 is 14.8 Å². The standard InChI is InChI=1S/C25H19N3O3/c1-30-24-11-3-2-10-23(24)28-25(29)21(16-27)13-18-6-5-9-22(14-18)31-17-20-8-4-7-19(12-20)15-26/h2-14H,17H2,1H3,(H,28,29)/b21-13+. The lowest BCUT2D eigenvalue weighted by molar-refractivity contribution is -0.112. The second kappa shape index (κ2) is 10.3. The van der Waals surface area contributed by atoms with Crippen molar-refractivity contribution < 1.29 is 14.3 Å². The smallest absolute Gasteiger partial charge is 0.266 e. The Kier molecular flexibility index (Phi) is 7.03. The third-order valence-electron chi connectivity index (χ3n) is 4.35. The summed E-state index contributed by atoms with van der Waals surface area (Å²) in [6.45, 7) is 0.294. The van der Waals surface area contributed by atoms with E-state index < -0.39 is 5.91 Å². The van der Waals surface area contributed by atoms with Gasteiger partial charge in [0.25, 0.3) is 5.91 Å². The van der Waals surface area contributed by atoms with Gasteiger partial charge in [-0.3, -0.25) is 4.79 Å². The highest BCUT2D eigenvalue weighted by atomic mass is 16.5. The van der Waals surface area contributed by atoms with Crippen LogP contribution in [0.1, 0.15) is 16.7 Å². The first kappa shape index (κ1) is 21.2. The van der Waals surface area contributed by atoms with Crippen LogP contribution in [0.4, 0.5) is 5.69 Å². The fraction of sp³-hybridized carbons (Fsp3) is 0.0800. The average Bonchev–Trinajstić information content (AvgIpc) is 2.82. The van der Waals surface area contributed by atoms with Gasteiger partial charge in [-0.05, 0) is 53.6 Å². The molecule has 6 heteroatoms. The zero-order valence-electron chi connectivity index (χ0n) is 16.8. The summed E-state index contributed by atoms with van der Waals surface area (Å²) < 4.78 is 11.0. The van der Waals surface area contributed by atoms with Gasteiger partial charge in [-0.2, -0.15) is 10.5 Å². The monoisotopic (exact) mass is 409 g/mol. The minimum Gasteiger partial charge on any atom is -0.495 e. The quantitative estimate of drug-likeness (QED) is 0.451. The predicted octanol–water partition coefficient (Wildman–Crippen LogP) is 4.69. The highest BCUT2D eigenvalue weighted by molar-refractivity contribution is 6.10. The molecule has 0 atom stereocenters. The number of para-hydroxylation sites is 2. The molecular weight excluding hydrogens is 390 g/mol. The topological polar surface area (TPSA) is 95.1 Å². The van der Waals surface area contributed by atoms with E-state index in [1.807, 2.05) is 12.1 Å². The molecule has 0 aliphatic heterocycles. The molecular formula is C25H19N3O3. The van der Waals surface area contributed by atoms with Crippen LogP contribution in [0.25, 0.3) is 6.08 Å². The Balaban J connectivity index is 1.73. The summed E-state index contributed by atoms with van der Waals surface area (Å²) in [5.41, 5.74) is 2.51. The summed E-state index contributed by atoms with van der Waals surface area (Å²) in [7, 11) is 1.51. The van der Waals surface area contributed by atoms with Crippen molar-refractivity contribution in [1.29, 1.82) is 10.5 Å². The molecule has 0 saturated carbocycles. The summed E-state index contributed by atoms with van der Waals surface area (Å²) in [5, 5.41) is 21.2. The van der Waals surface area contributed by atoms with Gasteiger partial charge in [0, 0.05) is 0 Å². The molecule has 0 aliphatic carbocycles. The van der Waals surface area contributed by atoms with Crippen molar-refractivity contribution >= 4 is 17.7 Å². The van der Waals surface area contributed by atoms with Crippen LogP contribution in [0, 0.1) is 22.7 Å². The summed E-state index contributed by atoms with van der Waals surface area (Å²) in [6, 6.07) is 25.2. The number of nitriles is 2. The Morgan fingerprint density at radius 2 is 1.84 bits per heavy atom. The van der Waals surface area contributed by atoms with E-state index in [1.165, 1.54) is 13.2 Å². The average molecular weight is 409 g/mol. The number of carbonyl (C=O) groups is 1. The molecule has 0 unspecified atom stereocenters. The normalized spacial score (nSPS) is 10.5. The van der Waals surface area contributed by atoms with Gasteiger partial charge in [-0.15, -0.1) is 0 Å². The number of ether oxygens (including phenoxy) is 2. The Bertz CT molecular complexity index is 1200. The van der Waals surface area contributed by atoms with Crippen molar-refractivity contribution in [1.82, 2.24) is 0 Å². The number of amides is 1. The fourth-order valence-electron chi connectivity index (χ4n) is 2.84. The van der Waals surface area contributed by atoms with E-state index in [0.29, 0.717) is 34.9 Å². The molecule has 6 nitrogen and oxygen atoms in total. The van der Waals surface area contributed by atoms with Gasteiger partial charge >= 0.3 is 0 Å². The highest BCUT2D eigenvalue weighted by Gasteiger charge is 2.12. The summed E-state index contributed by atoms with van der Waals surface area (Å²) in [6.07, 6.45) is 1.49. The van der Waals surface area contributed by atoms with Gasteiger partial charge in [0.05, 0.1) is 24.4 Å². The minimum atomic E-state index is -0.536. The van der Waals surface area contributed by atoms with E-state index in [-0.39, 0.29) is 5.57 Å². The van der Waals surface area contributed by atoms with Crippen LogP contribution >= 0.6 is 0 Å². The lowest BCUT2D eigenvalue weighted by Gasteiger charge is -2.09. The molecule has 0 aliphatic rings. The first-order valence-electron chi connectivity index (χ1n) is 9.41. The highest BCUT2D eigenvalue weighted by Crippen LogP contribution is 2.24. The number of nitrogens with one attached hydrogen (secondary N) is 1. The second-order valence-corrected chi connectivity index (χ2v) is 6.50. The molecule has 1 N–H and O–H groups in total. The number of carbonyl (C=O) groups excluding carboxylic acids is 1. The molecule has 31 heavy (non-hydrogen) atoms. The van der Waals surface area contributed by atoms with E-state index in [9.17, 15) is 10.1 Å². The molecule has 3 aromatic carbocycles. The molecule has 0 saturated heterocycles. The number of hydrogen-bond donors (Lipinski definition) is 1. The van der Waals surface area contributed by atoms with E-state index >= 15 is 0 Å². The SMILES string of the molecule is COc1ccccc1NC(=O)/C(C#N)=C/c1cccc(OCc2cccc(C#N)c2)c1. The van der Waals surface area contributed by atoms with Crippen molar-refractivity contribution in [2.45, 2.75) is 6.61 Å². The van der Waals surface area contributed by atoms with Crippen LogP contribution in [0.2, 0.25) is 0 Å². The van der Waals surface area contributed by atoms with Crippen molar-refractivity contribution in [2.24, 2.45) is 0 Å². The van der Waals surface area contributed by atoms with Gasteiger partial charge in [-0.1, -0.05) is 36.4 Å². The Morgan fingerprint density at radius 3 is 2.61 bits per heavy atom. The van der Waals surface area contributed by atoms with Gasteiger partial charge in [0.2, 0.25) is 0 Å². The van der Waals surface area contributed by atoms with Crippen LogP contribution < -0.4 is 14.8 Å². The minimum absolute atomic E-state index is 0.0511. The van der Waals surface area contributed by atoms with Crippen molar-refractivity contribution in [3.8, 4) is 23.6 Å². The van der Waals surface area contributed by atoms with E-state index in [2.05, 4.69) is 11.4 Å². The number of hydrogen-bond acceptors (Lipinski definition) is 5. The summed E-state index contributed by atoms with van der Waals surface area (Å²) >= 11 is 0. The van der Waals surface area contributed by atoms with Crippen molar-refractivity contribution in [3.05, 3.63) is 95.1 Å². The fourth-order valence-corrected chi connectivity index (χ4v) is 2.84. The molecule has 0 heterocycles. The largest absolute Gasteiger partial charge is 0.495 e. The van der Waals surface area contributed by atoms with E-state index in [4.69, 9.17) is 14.7 Å². The number of anilines is 1. The molecule has 3 aromatic rings. The Labute approximate surface area is 180 Å². The first-order chi connectivity index (χ1) is 15.1. The molecule has 0 bridgehead atoms.